The second-order valence-corrected chi connectivity index (χ2v) is 8.53. The number of hydrogen-bond acceptors (Lipinski definition) is 7. The van der Waals surface area contributed by atoms with Crippen LogP contribution in [0.25, 0.3) is 10.9 Å². The van der Waals surface area contributed by atoms with Gasteiger partial charge in [0.05, 0.1) is 43.5 Å². The van der Waals surface area contributed by atoms with Crippen LogP contribution in [0.4, 0.5) is 10.1 Å². The van der Waals surface area contributed by atoms with E-state index in [2.05, 4.69) is 11.0 Å². The zero-order valence-electron chi connectivity index (χ0n) is 18.1. The molecule has 1 saturated heterocycles. The molecule has 4 rings (SSSR count). The molecule has 0 unspecified atom stereocenters. The molecule has 0 N–H and O–H groups in total. The quantitative estimate of drug-likeness (QED) is 0.371. The lowest BCUT2D eigenvalue weighted by Gasteiger charge is -2.26. The SMILES string of the molecule is N#CCCN(C(=O)CSc1nc(CN2CCOCC2)nc2ccccc12)c1ccc(F)cc1. The Morgan fingerprint density at radius 2 is 1.91 bits per heavy atom. The number of thioether (sulfide) groups is 1. The first-order chi connectivity index (χ1) is 16.1. The molecule has 9 heteroatoms. The fraction of sp³-hybridized carbons (Fsp3) is 0.333. The van der Waals surface area contributed by atoms with Crippen molar-refractivity contribution in [2.24, 2.45) is 0 Å². The molecule has 0 atom stereocenters. The third-order valence-electron chi connectivity index (χ3n) is 5.30. The molecule has 1 aliphatic rings. The zero-order chi connectivity index (χ0) is 23.0. The van der Waals surface area contributed by atoms with E-state index >= 15 is 0 Å². The Balaban J connectivity index is 1.53. The molecule has 0 bridgehead atoms. The van der Waals surface area contributed by atoms with Gasteiger partial charge in [-0.15, -0.1) is 0 Å². The number of fused-ring (bicyclic) bond motifs is 1. The summed E-state index contributed by atoms with van der Waals surface area (Å²) in [6.07, 6.45) is 0.188. The lowest BCUT2D eigenvalue weighted by Crippen LogP contribution is -2.36. The average Bonchev–Trinajstić information content (AvgIpc) is 2.84. The minimum atomic E-state index is -0.374. The Kier molecular flexibility index (Phi) is 7.83. The highest BCUT2D eigenvalue weighted by Gasteiger charge is 2.19. The molecule has 2 heterocycles. The first-order valence-electron chi connectivity index (χ1n) is 10.8. The number of hydrogen-bond donors (Lipinski definition) is 0. The van der Waals surface area contributed by atoms with Crippen LogP contribution in [0, 0.1) is 17.1 Å². The number of carbonyl (C=O) groups excluding carboxylic acids is 1. The molecular formula is C24H24FN5O2S. The average molecular weight is 466 g/mol. The minimum absolute atomic E-state index is 0.140. The summed E-state index contributed by atoms with van der Waals surface area (Å²) in [4.78, 5) is 26.3. The lowest BCUT2D eigenvalue weighted by atomic mass is 10.2. The summed E-state index contributed by atoms with van der Waals surface area (Å²) in [6, 6.07) is 15.6. The van der Waals surface area contributed by atoms with Crippen molar-refractivity contribution in [3.8, 4) is 6.07 Å². The molecule has 3 aromatic rings. The largest absolute Gasteiger partial charge is 0.379 e. The summed E-state index contributed by atoms with van der Waals surface area (Å²) in [7, 11) is 0. The number of amides is 1. The zero-order valence-corrected chi connectivity index (χ0v) is 18.9. The summed E-state index contributed by atoms with van der Waals surface area (Å²) >= 11 is 1.35. The fourth-order valence-corrected chi connectivity index (χ4v) is 4.54. The Labute approximate surface area is 196 Å². The molecule has 7 nitrogen and oxygen atoms in total. The van der Waals surface area contributed by atoms with Gasteiger partial charge in [-0.1, -0.05) is 30.0 Å². The molecule has 0 saturated carbocycles. The Bertz CT molecular complexity index is 1150. The van der Waals surface area contributed by atoms with E-state index in [1.165, 1.54) is 28.8 Å². The molecule has 1 amide bonds. The molecule has 1 fully saturated rings. The summed E-state index contributed by atoms with van der Waals surface area (Å²) in [5.74, 6) is 0.312. The smallest absolute Gasteiger partial charge is 0.237 e. The number of ether oxygens (including phenoxy) is 1. The highest BCUT2D eigenvalue weighted by atomic mass is 32.2. The van der Waals surface area contributed by atoms with E-state index in [4.69, 9.17) is 20.0 Å². The molecule has 1 aromatic heterocycles. The molecule has 170 valence electrons. The molecular weight excluding hydrogens is 441 g/mol. The summed E-state index contributed by atoms with van der Waals surface area (Å²) in [5, 5.41) is 10.6. The van der Waals surface area contributed by atoms with Gasteiger partial charge >= 0.3 is 0 Å². The molecule has 1 aliphatic heterocycles. The van der Waals surface area contributed by atoms with E-state index in [0.29, 0.717) is 31.3 Å². The maximum Gasteiger partial charge on any atom is 0.237 e. The fourth-order valence-electron chi connectivity index (χ4n) is 3.62. The molecule has 0 radical (unpaired) electrons. The van der Waals surface area contributed by atoms with Gasteiger partial charge in [-0.3, -0.25) is 9.69 Å². The van der Waals surface area contributed by atoms with Gasteiger partial charge in [0.1, 0.15) is 16.7 Å². The van der Waals surface area contributed by atoms with Crippen molar-refractivity contribution in [3.05, 3.63) is 60.2 Å². The number of halogens is 1. The summed E-state index contributed by atoms with van der Waals surface area (Å²) in [6.45, 7) is 3.94. The maximum absolute atomic E-state index is 13.3. The predicted molar refractivity (Wildman–Crippen MR) is 125 cm³/mol. The maximum atomic E-state index is 13.3. The second kappa shape index (κ2) is 11.2. The van der Waals surface area contributed by atoms with Gasteiger partial charge < -0.3 is 9.64 Å². The van der Waals surface area contributed by atoms with Gasteiger partial charge in [0.25, 0.3) is 0 Å². The van der Waals surface area contributed by atoms with Crippen molar-refractivity contribution in [3.63, 3.8) is 0 Å². The van der Waals surface area contributed by atoms with Crippen LogP contribution in [-0.2, 0) is 16.1 Å². The lowest BCUT2D eigenvalue weighted by molar-refractivity contribution is -0.116. The second-order valence-electron chi connectivity index (χ2n) is 7.57. The first-order valence-corrected chi connectivity index (χ1v) is 11.7. The van der Waals surface area contributed by atoms with Crippen LogP contribution < -0.4 is 4.90 Å². The van der Waals surface area contributed by atoms with E-state index in [-0.39, 0.29) is 30.4 Å². The predicted octanol–water partition coefficient (Wildman–Crippen LogP) is 3.64. The number of carbonyl (C=O) groups is 1. The summed E-state index contributed by atoms with van der Waals surface area (Å²) < 4.78 is 18.8. The highest BCUT2D eigenvalue weighted by Crippen LogP contribution is 2.27. The van der Waals surface area contributed by atoms with Crippen LogP contribution in [0.5, 0.6) is 0 Å². The number of benzene rings is 2. The van der Waals surface area contributed by atoms with E-state index in [0.717, 1.165) is 29.0 Å². The van der Waals surface area contributed by atoms with Crippen LogP contribution in [-0.4, -0.2) is 59.4 Å². The van der Waals surface area contributed by atoms with Crippen LogP contribution in [0.2, 0.25) is 0 Å². The Morgan fingerprint density at radius 1 is 1.15 bits per heavy atom. The number of anilines is 1. The van der Waals surface area contributed by atoms with Gasteiger partial charge in [-0.05, 0) is 30.3 Å². The molecule has 0 spiro atoms. The van der Waals surface area contributed by atoms with Crippen molar-refractivity contribution < 1.29 is 13.9 Å². The monoisotopic (exact) mass is 465 g/mol. The number of rotatable bonds is 8. The van der Waals surface area contributed by atoms with E-state index < -0.39 is 0 Å². The molecule has 33 heavy (non-hydrogen) atoms. The highest BCUT2D eigenvalue weighted by molar-refractivity contribution is 8.00. The molecule has 0 aliphatic carbocycles. The number of aromatic nitrogens is 2. The van der Waals surface area contributed by atoms with Gasteiger partial charge in [0.2, 0.25) is 5.91 Å². The van der Waals surface area contributed by atoms with Crippen molar-refractivity contribution in [1.29, 1.82) is 5.26 Å². The van der Waals surface area contributed by atoms with Crippen molar-refractivity contribution >= 4 is 34.3 Å². The van der Waals surface area contributed by atoms with Crippen molar-refractivity contribution in [2.45, 2.75) is 18.0 Å². The normalized spacial score (nSPS) is 14.2. The number of nitriles is 1. The Morgan fingerprint density at radius 3 is 2.67 bits per heavy atom. The van der Waals surface area contributed by atoms with Gasteiger partial charge in [-0.2, -0.15) is 5.26 Å². The van der Waals surface area contributed by atoms with E-state index in [1.54, 1.807) is 12.1 Å². The standard InChI is InChI=1S/C24H24FN5O2S/c25-18-6-8-19(9-7-18)30(11-3-10-26)23(31)17-33-24-20-4-1-2-5-21(20)27-22(28-24)16-29-12-14-32-15-13-29/h1-2,4-9H,3,11-17H2. The minimum Gasteiger partial charge on any atom is -0.379 e. The van der Waals surface area contributed by atoms with Crippen molar-refractivity contribution in [1.82, 2.24) is 14.9 Å². The number of morpholine rings is 1. The van der Waals surface area contributed by atoms with Crippen LogP contribution in [0.1, 0.15) is 12.2 Å². The van der Waals surface area contributed by atoms with E-state index in [9.17, 15) is 9.18 Å². The number of nitrogens with zero attached hydrogens (tertiary/aromatic N) is 5. The van der Waals surface area contributed by atoms with Gasteiger partial charge in [0, 0.05) is 30.7 Å². The van der Waals surface area contributed by atoms with Crippen LogP contribution in [0.3, 0.4) is 0 Å². The van der Waals surface area contributed by atoms with Gasteiger partial charge in [-0.25, -0.2) is 14.4 Å². The Hall–Kier alpha value is -3.06. The molecule has 2 aromatic carbocycles. The van der Waals surface area contributed by atoms with Crippen molar-refractivity contribution in [2.75, 3.05) is 43.5 Å². The van der Waals surface area contributed by atoms with Crippen LogP contribution >= 0.6 is 11.8 Å². The van der Waals surface area contributed by atoms with Crippen LogP contribution in [0.15, 0.2) is 53.6 Å². The number of para-hydroxylation sites is 1. The topological polar surface area (TPSA) is 82.4 Å². The summed E-state index contributed by atoms with van der Waals surface area (Å²) in [5.41, 5.74) is 1.41. The third kappa shape index (κ3) is 6.05. The van der Waals surface area contributed by atoms with Gasteiger partial charge in [0.15, 0.2) is 0 Å². The van der Waals surface area contributed by atoms with E-state index in [1.807, 2.05) is 24.3 Å². The first kappa shape index (κ1) is 23.1. The third-order valence-corrected chi connectivity index (χ3v) is 6.28.